The number of aromatic nitrogens is 3. The van der Waals surface area contributed by atoms with Crippen LogP contribution in [-0.4, -0.2) is 33.0 Å². The van der Waals surface area contributed by atoms with Crippen molar-refractivity contribution in [2.45, 2.75) is 13.5 Å². The third-order valence-corrected chi connectivity index (χ3v) is 4.63. The molecule has 0 atom stereocenters. The summed E-state index contributed by atoms with van der Waals surface area (Å²) in [6.45, 7) is 1.66. The van der Waals surface area contributed by atoms with E-state index in [0.717, 1.165) is 5.69 Å². The summed E-state index contributed by atoms with van der Waals surface area (Å²) in [6, 6.07) is 15.5. The lowest BCUT2D eigenvalue weighted by Crippen LogP contribution is -2.29. The van der Waals surface area contributed by atoms with E-state index in [-0.39, 0.29) is 23.9 Å². The number of rotatable bonds is 4. The largest absolute Gasteiger partial charge is 0.355 e. The normalized spacial score (nSPS) is 11.0. The van der Waals surface area contributed by atoms with E-state index in [1.807, 2.05) is 19.1 Å². The van der Waals surface area contributed by atoms with Gasteiger partial charge in [0.05, 0.1) is 16.6 Å². The second kappa shape index (κ2) is 7.23. The molecule has 4 aromatic rings. The number of anilines is 1. The standard InChI is InChI=1S/C21H19N5O3/c1-13-10-19-25(21(29)16-8-3-4-9-17(16)26(19)24-13)12-18(27)23-15-7-5-6-14(11-15)20(28)22-2/h3-11H,12H2,1-2H3,(H,22,28)(H,23,27). The van der Waals surface area contributed by atoms with Gasteiger partial charge in [-0.3, -0.25) is 19.0 Å². The zero-order valence-corrected chi connectivity index (χ0v) is 16.0. The first-order chi connectivity index (χ1) is 14.0. The summed E-state index contributed by atoms with van der Waals surface area (Å²) in [5.74, 6) is -0.625. The summed E-state index contributed by atoms with van der Waals surface area (Å²) in [5.41, 5.74) is 2.62. The number of aryl methyl sites for hydroxylation is 1. The number of fused-ring (bicyclic) bond motifs is 3. The van der Waals surface area contributed by atoms with Crippen molar-refractivity contribution in [1.82, 2.24) is 19.5 Å². The van der Waals surface area contributed by atoms with Crippen molar-refractivity contribution >= 4 is 34.1 Å². The van der Waals surface area contributed by atoms with Gasteiger partial charge < -0.3 is 10.6 Å². The molecule has 146 valence electrons. The number of benzene rings is 2. The molecule has 2 heterocycles. The Morgan fingerprint density at radius 3 is 2.66 bits per heavy atom. The number of nitrogens with one attached hydrogen (secondary N) is 2. The van der Waals surface area contributed by atoms with Gasteiger partial charge >= 0.3 is 0 Å². The van der Waals surface area contributed by atoms with Crippen LogP contribution in [-0.2, 0) is 11.3 Å². The highest BCUT2D eigenvalue weighted by Crippen LogP contribution is 2.15. The van der Waals surface area contributed by atoms with Gasteiger partial charge in [-0.2, -0.15) is 5.10 Å². The van der Waals surface area contributed by atoms with E-state index in [1.165, 1.54) is 4.57 Å². The third-order valence-electron chi connectivity index (χ3n) is 4.63. The average Bonchev–Trinajstić information content (AvgIpc) is 3.12. The first-order valence-electron chi connectivity index (χ1n) is 9.08. The van der Waals surface area contributed by atoms with E-state index in [1.54, 1.807) is 54.0 Å². The zero-order valence-electron chi connectivity index (χ0n) is 16.0. The van der Waals surface area contributed by atoms with Crippen molar-refractivity contribution < 1.29 is 9.59 Å². The van der Waals surface area contributed by atoms with Crippen LogP contribution in [0.4, 0.5) is 5.69 Å². The maximum absolute atomic E-state index is 13.0. The molecule has 2 aromatic heterocycles. The minimum atomic E-state index is -0.378. The molecule has 0 aliphatic rings. The number of amides is 2. The van der Waals surface area contributed by atoms with Crippen molar-refractivity contribution in [1.29, 1.82) is 0 Å². The van der Waals surface area contributed by atoms with Crippen molar-refractivity contribution in [3.63, 3.8) is 0 Å². The van der Waals surface area contributed by atoms with E-state index in [0.29, 0.717) is 27.8 Å². The van der Waals surface area contributed by atoms with Crippen molar-refractivity contribution in [3.05, 3.63) is 76.2 Å². The molecule has 8 heteroatoms. The zero-order chi connectivity index (χ0) is 20.5. The van der Waals surface area contributed by atoms with Gasteiger partial charge in [-0.25, -0.2) is 4.52 Å². The van der Waals surface area contributed by atoms with Crippen molar-refractivity contribution in [2.24, 2.45) is 0 Å². The Bertz CT molecular complexity index is 1320. The van der Waals surface area contributed by atoms with Gasteiger partial charge in [0.1, 0.15) is 12.2 Å². The van der Waals surface area contributed by atoms with Gasteiger partial charge in [0, 0.05) is 24.4 Å². The maximum Gasteiger partial charge on any atom is 0.262 e. The van der Waals surface area contributed by atoms with Gasteiger partial charge in [-0.05, 0) is 37.3 Å². The van der Waals surface area contributed by atoms with Gasteiger partial charge in [-0.15, -0.1) is 0 Å². The van der Waals surface area contributed by atoms with E-state index < -0.39 is 0 Å². The number of para-hydroxylation sites is 1. The minimum Gasteiger partial charge on any atom is -0.355 e. The summed E-state index contributed by atoms with van der Waals surface area (Å²) in [4.78, 5) is 37.5. The lowest BCUT2D eigenvalue weighted by atomic mass is 10.2. The lowest BCUT2D eigenvalue weighted by molar-refractivity contribution is -0.116. The van der Waals surface area contributed by atoms with Crippen LogP contribution < -0.4 is 16.2 Å². The van der Waals surface area contributed by atoms with Crippen LogP contribution in [0, 0.1) is 6.92 Å². The first kappa shape index (κ1) is 18.4. The SMILES string of the molecule is CNC(=O)c1cccc(NC(=O)Cn2c(=O)c3ccccc3n3nc(C)cc23)c1. The molecular formula is C21H19N5O3. The number of hydrogen-bond donors (Lipinski definition) is 2. The predicted molar refractivity (Wildman–Crippen MR) is 110 cm³/mol. The van der Waals surface area contributed by atoms with Gasteiger partial charge in [0.25, 0.3) is 11.5 Å². The molecule has 0 saturated carbocycles. The molecule has 0 saturated heterocycles. The number of hydrogen-bond acceptors (Lipinski definition) is 4. The monoisotopic (exact) mass is 389 g/mol. The number of carbonyl (C=O) groups excluding carboxylic acids is 2. The second-order valence-corrected chi connectivity index (χ2v) is 6.67. The lowest BCUT2D eigenvalue weighted by Gasteiger charge is -2.11. The molecular weight excluding hydrogens is 370 g/mol. The molecule has 4 rings (SSSR count). The molecule has 2 amide bonds. The van der Waals surface area contributed by atoms with Gasteiger partial charge in [-0.1, -0.05) is 18.2 Å². The fraction of sp³-hybridized carbons (Fsp3) is 0.143. The Hall–Kier alpha value is -3.94. The molecule has 0 fully saturated rings. The molecule has 29 heavy (non-hydrogen) atoms. The highest BCUT2D eigenvalue weighted by atomic mass is 16.2. The van der Waals surface area contributed by atoms with Crippen LogP contribution in [0.5, 0.6) is 0 Å². The molecule has 0 bridgehead atoms. The van der Waals surface area contributed by atoms with Crippen LogP contribution in [0.25, 0.3) is 16.6 Å². The van der Waals surface area contributed by atoms with E-state index in [4.69, 9.17) is 0 Å². The molecule has 0 spiro atoms. The molecule has 2 aromatic carbocycles. The Morgan fingerprint density at radius 1 is 1.07 bits per heavy atom. The smallest absolute Gasteiger partial charge is 0.262 e. The fourth-order valence-electron chi connectivity index (χ4n) is 3.32. The number of carbonyl (C=O) groups is 2. The van der Waals surface area contributed by atoms with Crippen LogP contribution >= 0.6 is 0 Å². The second-order valence-electron chi connectivity index (χ2n) is 6.67. The molecule has 2 N–H and O–H groups in total. The van der Waals surface area contributed by atoms with Gasteiger partial charge in [0.15, 0.2) is 0 Å². The van der Waals surface area contributed by atoms with E-state index >= 15 is 0 Å². The quantitative estimate of drug-likeness (QED) is 0.557. The maximum atomic E-state index is 13.0. The van der Waals surface area contributed by atoms with E-state index in [9.17, 15) is 14.4 Å². The Morgan fingerprint density at radius 2 is 1.86 bits per heavy atom. The van der Waals surface area contributed by atoms with Crippen LogP contribution in [0.1, 0.15) is 16.1 Å². The highest BCUT2D eigenvalue weighted by Gasteiger charge is 2.15. The fourth-order valence-corrected chi connectivity index (χ4v) is 3.32. The summed E-state index contributed by atoms with van der Waals surface area (Å²) in [7, 11) is 1.54. The van der Waals surface area contributed by atoms with Gasteiger partial charge in [0.2, 0.25) is 5.91 Å². The topological polar surface area (TPSA) is 97.5 Å². The summed E-state index contributed by atoms with van der Waals surface area (Å²) in [6.07, 6.45) is 0. The van der Waals surface area contributed by atoms with E-state index in [2.05, 4.69) is 15.7 Å². The summed E-state index contributed by atoms with van der Waals surface area (Å²) < 4.78 is 3.08. The summed E-state index contributed by atoms with van der Waals surface area (Å²) in [5, 5.41) is 10.2. The number of nitrogens with zero attached hydrogens (tertiary/aromatic N) is 3. The molecule has 8 nitrogen and oxygen atoms in total. The van der Waals surface area contributed by atoms with Crippen LogP contribution in [0.2, 0.25) is 0 Å². The van der Waals surface area contributed by atoms with Crippen LogP contribution in [0.3, 0.4) is 0 Å². The third kappa shape index (κ3) is 3.36. The molecule has 0 radical (unpaired) electrons. The van der Waals surface area contributed by atoms with Crippen LogP contribution in [0.15, 0.2) is 59.4 Å². The highest BCUT2D eigenvalue weighted by molar-refractivity contribution is 5.97. The Labute approximate surface area is 165 Å². The molecule has 0 aliphatic heterocycles. The molecule has 0 unspecified atom stereocenters. The van der Waals surface area contributed by atoms with Crippen molar-refractivity contribution in [2.75, 3.05) is 12.4 Å². The van der Waals surface area contributed by atoms with Crippen molar-refractivity contribution in [3.8, 4) is 0 Å². The minimum absolute atomic E-state index is 0.178. The predicted octanol–water partition coefficient (Wildman–Crippen LogP) is 1.96. The Balaban J connectivity index is 1.70. The molecule has 0 aliphatic carbocycles. The summed E-state index contributed by atoms with van der Waals surface area (Å²) >= 11 is 0. The Kier molecular flexibility index (Phi) is 4.59. The first-order valence-corrected chi connectivity index (χ1v) is 9.08. The average molecular weight is 389 g/mol.